The molecule has 1 saturated heterocycles. The number of halogens is 2. The van der Waals surface area contributed by atoms with Gasteiger partial charge in [-0.15, -0.1) is 12.4 Å². The number of aromatic nitrogens is 2. The zero-order valence-electron chi connectivity index (χ0n) is 12.2. The lowest BCUT2D eigenvalue weighted by Gasteiger charge is -2.22. The van der Waals surface area contributed by atoms with Crippen molar-refractivity contribution in [3.63, 3.8) is 0 Å². The number of rotatable bonds is 3. The molecule has 0 spiro atoms. The van der Waals surface area contributed by atoms with Gasteiger partial charge in [0, 0.05) is 25.8 Å². The number of hydrogen-bond donors (Lipinski definition) is 1. The molecule has 0 bridgehead atoms. The zero-order chi connectivity index (χ0) is 14.8. The van der Waals surface area contributed by atoms with E-state index in [0.29, 0.717) is 5.69 Å². The molecule has 0 radical (unpaired) electrons. The molecule has 1 aromatic carbocycles. The lowest BCUT2D eigenvalue weighted by Crippen LogP contribution is -2.38. The van der Waals surface area contributed by atoms with Gasteiger partial charge in [-0.3, -0.25) is 4.79 Å². The van der Waals surface area contributed by atoms with Crippen LogP contribution < -0.4 is 5.32 Å². The van der Waals surface area contributed by atoms with E-state index in [4.69, 9.17) is 0 Å². The first-order chi connectivity index (χ1) is 10.1. The van der Waals surface area contributed by atoms with Gasteiger partial charge >= 0.3 is 0 Å². The highest BCUT2D eigenvalue weighted by Gasteiger charge is 2.25. The lowest BCUT2D eigenvalue weighted by molar-refractivity contribution is 0.0737. The smallest absolute Gasteiger partial charge is 0.274 e. The van der Waals surface area contributed by atoms with Crippen LogP contribution in [0.5, 0.6) is 0 Å². The number of likely N-dealkylation sites (N-methyl/N-ethyl adjacent to an activating group) is 1. The third kappa shape index (κ3) is 3.28. The second-order valence-corrected chi connectivity index (χ2v) is 5.18. The number of hydrogen-bond acceptors (Lipinski definition) is 3. The Morgan fingerprint density at radius 2 is 2.09 bits per heavy atom. The molecule has 2 aromatic rings. The van der Waals surface area contributed by atoms with Gasteiger partial charge in [-0.25, -0.2) is 9.07 Å². The van der Waals surface area contributed by atoms with Gasteiger partial charge in [0.05, 0.1) is 5.69 Å². The maximum Gasteiger partial charge on any atom is 0.274 e. The summed E-state index contributed by atoms with van der Waals surface area (Å²) in [7, 11) is 1.80. The minimum Gasteiger partial charge on any atom is -0.336 e. The van der Waals surface area contributed by atoms with Gasteiger partial charge in [-0.2, -0.15) is 5.10 Å². The molecule has 1 N–H and O–H groups in total. The van der Waals surface area contributed by atoms with E-state index < -0.39 is 0 Å². The monoisotopic (exact) mass is 324 g/mol. The third-order valence-electron chi connectivity index (χ3n) is 3.80. The van der Waals surface area contributed by atoms with E-state index in [1.165, 1.54) is 12.1 Å². The fourth-order valence-electron chi connectivity index (χ4n) is 2.49. The van der Waals surface area contributed by atoms with Crippen molar-refractivity contribution < 1.29 is 9.18 Å². The number of nitrogens with zero attached hydrogens (tertiary/aromatic N) is 3. The normalized spacial score (nSPS) is 17.1. The summed E-state index contributed by atoms with van der Waals surface area (Å²) in [5.41, 5.74) is 1.12. The molecule has 118 valence electrons. The maximum atomic E-state index is 12.9. The first kappa shape index (κ1) is 16.5. The molecule has 1 aromatic heterocycles. The minimum atomic E-state index is -0.296. The molecule has 0 saturated carbocycles. The molecule has 1 unspecified atom stereocenters. The Morgan fingerprint density at radius 3 is 2.73 bits per heavy atom. The Bertz CT molecular complexity index is 637. The van der Waals surface area contributed by atoms with Crippen LogP contribution in [0.25, 0.3) is 5.69 Å². The number of nitrogens with one attached hydrogen (secondary N) is 1. The summed E-state index contributed by atoms with van der Waals surface area (Å²) in [6.07, 6.45) is 2.67. The summed E-state index contributed by atoms with van der Waals surface area (Å²) < 4.78 is 14.5. The van der Waals surface area contributed by atoms with Gasteiger partial charge in [0.2, 0.25) is 0 Å². The molecule has 1 atom stereocenters. The van der Waals surface area contributed by atoms with Crippen molar-refractivity contribution in [1.29, 1.82) is 0 Å². The van der Waals surface area contributed by atoms with Crippen molar-refractivity contribution in [1.82, 2.24) is 20.0 Å². The predicted octanol–water partition coefficient (Wildman–Crippen LogP) is 1.87. The SMILES string of the molecule is CN(C(=O)c1ccn(-c2ccc(F)cc2)n1)C1CCNC1.Cl. The minimum absolute atomic E-state index is 0. The molecular weight excluding hydrogens is 307 g/mol. The molecule has 5 nitrogen and oxygen atoms in total. The van der Waals surface area contributed by atoms with Gasteiger partial charge in [0.1, 0.15) is 5.82 Å². The van der Waals surface area contributed by atoms with Crippen molar-refractivity contribution in [2.45, 2.75) is 12.5 Å². The van der Waals surface area contributed by atoms with E-state index in [1.807, 2.05) is 0 Å². The van der Waals surface area contributed by atoms with Crippen LogP contribution in [0, 0.1) is 5.82 Å². The van der Waals surface area contributed by atoms with Gasteiger partial charge in [-0.05, 0) is 43.3 Å². The molecule has 1 fully saturated rings. The van der Waals surface area contributed by atoms with Crippen molar-refractivity contribution in [3.8, 4) is 5.69 Å². The molecule has 22 heavy (non-hydrogen) atoms. The highest BCUT2D eigenvalue weighted by atomic mass is 35.5. The van der Waals surface area contributed by atoms with E-state index in [1.54, 1.807) is 41.0 Å². The standard InChI is InChI=1S/C15H17FN4O.ClH/c1-19(13-6-8-17-10-13)15(21)14-7-9-20(18-14)12-4-2-11(16)3-5-12;/h2-5,7,9,13,17H,6,8,10H2,1H3;1H. The summed E-state index contributed by atoms with van der Waals surface area (Å²) >= 11 is 0. The summed E-state index contributed by atoms with van der Waals surface area (Å²) in [6.45, 7) is 1.76. The lowest BCUT2D eigenvalue weighted by atomic mass is 10.2. The van der Waals surface area contributed by atoms with E-state index in [-0.39, 0.29) is 30.2 Å². The number of benzene rings is 1. The maximum absolute atomic E-state index is 12.9. The topological polar surface area (TPSA) is 50.2 Å². The highest BCUT2D eigenvalue weighted by Crippen LogP contribution is 2.13. The Hall–Kier alpha value is -1.92. The van der Waals surface area contributed by atoms with Crippen LogP contribution in [-0.2, 0) is 0 Å². The number of amides is 1. The summed E-state index contributed by atoms with van der Waals surface area (Å²) in [4.78, 5) is 14.1. The van der Waals surface area contributed by atoms with Crippen molar-refractivity contribution in [3.05, 3.63) is 48.0 Å². The number of carbonyl (C=O) groups excluding carboxylic acids is 1. The first-order valence-electron chi connectivity index (χ1n) is 6.94. The average Bonchev–Trinajstić information content (AvgIpc) is 3.18. The van der Waals surface area contributed by atoms with Crippen molar-refractivity contribution in [2.75, 3.05) is 20.1 Å². The molecule has 3 rings (SSSR count). The summed E-state index contributed by atoms with van der Waals surface area (Å²) in [5, 5.41) is 7.53. The predicted molar refractivity (Wildman–Crippen MR) is 84.1 cm³/mol. The van der Waals surface area contributed by atoms with Crippen LogP contribution >= 0.6 is 12.4 Å². The van der Waals surface area contributed by atoms with Crippen LogP contribution in [0.3, 0.4) is 0 Å². The third-order valence-corrected chi connectivity index (χ3v) is 3.80. The van der Waals surface area contributed by atoms with Gasteiger partial charge < -0.3 is 10.2 Å². The highest BCUT2D eigenvalue weighted by molar-refractivity contribution is 5.92. The fourth-order valence-corrected chi connectivity index (χ4v) is 2.49. The molecule has 2 heterocycles. The second kappa shape index (κ2) is 6.89. The van der Waals surface area contributed by atoms with Crippen molar-refractivity contribution in [2.24, 2.45) is 0 Å². The molecule has 1 aliphatic rings. The molecule has 1 aliphatic heterocycles. The Balaban J connectivity index is 0.00000176. The largest absolute Gasteiger partial charge is 0.336 e. The average molecular weight is 325 g/mol. The first-order valence-corrected chi connectivity index (χ1v) is 6.94. The van der Waals surface area contributed by atoms with Crippen LogP contribution in [0.2, 0.25) is 0 Å². The van der Waals surface area contributed by atoms with Crippen LogP contribution in [0.1, 0.15) is 16.9 Å². The molecule has 0 aliphatic carbocycles. The van der Waals surface area contributed by atoms with Crippen LogP contribution in [-0.4, -0.2) is 46.8 Å². The summed E-state index contributed by atoms with van der Waals surface area (Å²) in [6, 6.07) is 7.89. The molecule has 7 heteroatoms. The van der Waals surface area contributed by atoms with E-state index in [2.05, 4.69) is 10.4 Å². The van der Waals surface area contributed by atoms with E-state index in [9.17, 15) is 9.18 Å². The van der Waals surface area contributed by atoms with E-state index >= 15 is 0 Å². The van der Waals surface area contributed by atoms with Gasteiger partial charge in [0.15, 0.2) is 5.69 Å². The molecular formula is C15H18ClFN4O. The number of carbonyl (C=O) groups is 1. The zero-order valence-corrected chi connectivity index (χ0v) is 13.0. The summed E-state index contributed by atoms with van der Waals surface area (Å²) in [5.74, 6) is -0.389. The Kier molecular flexibility index (Phi) is 5.15. The molecule has 1 amide bonds. The van der Waals surface area contributed by atoms with Crippen LogP contribution in [0.15, 0.2) is 36.5 Å². The quantitative estimate of drug-likeness (QED) is 0.937. The van der Waals surface area contributed by atoms with Gasteiger partial charge in [0.25, 0.3) is 5.91 Å². The second-order valence-electron chi connectivity index (χ2n) is 5.18. The van der Waals surface area contributed by atoms with Gasteiger partial charge in [-0.1, -0.05) is 0 Å². The van der Waals surface area contributed by atoms with Crippen molar-refractivity contribution >= 4 is 18.3 Å². The fraction of sp³-hybridized carbons (Fsp3) is 0.333. The van der Waals surface area contributed by atoms with Crippen LogP contribution in [0.4, 0.5) is 4.39 Å². The van der Waals surface area contributed by atoms with E-state index in [0.717, 1.165) is 25.2 Å². The Morgan fingerprint density at radius 1 is 1.36 bits per heavy atom. The Labute approximate surface area is 134 Å².